The first-order valence-electron chi connectivity index (χ1n) is 6.39. The van der Waals surface area contributed by atoms with Gasteiger partial charge in [0.2, 0.25) is 0 Å². The van der Waals surface area contributed by atoms with Crippen molar-refractivity contribution in [1.29, 1.82) is 0 Å². The van der Waals surface area contributed by atoms with Gasteiger partial charge in [-0.15, -0.1) is 0 Å². The summed E-state index contributed by atoms with van der Waals surface area (Å²) < 4.78 is 13.6. The predicted molar refractivity (Wildman–Crippen MR) is 78.9 cm³/mol. The lowest BCUT2D eigenvalue weighted by Crippen LogP contribution is -2.18. The van der Waals surface area contributed by atoms with Crippen LogP contribution in [-0.4, -0.2) is 0 Å². The van der Waals surface area contributed by atoms with Crippen LogP contribution in [0.3, 0.4) is 0 Å². The maximum absolute atomic E-state index is 13.2. The van der Waals surface area contributed by atoms with Crippen LogP contribution in [0, 0.1) is 17.2 Å². The highest BCUT2D eigenvalue weighted by Gasteiger charge is 2.18. The van der Waals surface area contributed by atoms with Crippen LogP contribution in [0.2, 0.25) is 0 Å². The molecule has 18 heavy (non-hydrogen) atoms. The molecule has 0 aliphatic heterocycles. The van der Waals surface area contributed by atoms with E-state index in [1.807, 2.05) is 0 Å². The van der Waals surface area contributed by atoms with Crippen molar-refractivity contribution in [3.63, 3.8) is 0 Å². The lowest BCUT2D eigenvalue weighted by molar-refractivity contribution is 0.286. The highest BCUT2D eigenvalue weighted by molar-refractivity contribution is 9.10. The highest BCUT2D eigenvalue weighted by Crippen LogP contribution is 2.30. The second kappa shape index (κ2) is 6.16. The Hall–Kier alpha value is -0.410. The number of benzene rings is 1. The fourth-order valence-corrected chi connectivity index (χ4v) is 2.84. The molecule has 1 aromatic rings. The Morgan fingerprint density at radius 3 is 2.44 bits per heavy atom. The van der Waals surface area contributed by atoms with Gasteiger partial charge in [0.05, 0.1) is 4.47 Å². The zero-order valence-corrected chi connectivity index (χ0v) is 13.2. The van der Waals surface area contributed by atoms with Gasteiger partial charge >= 0.3 is 0 Å². The largest absolute Gasteiger partial charge is 0.324 e. The van der Waals surface area contributed by atoms with Gasteiger partial charge < -0.3 is 5.73 Å². The van der Waals surface area contributed by atoms with Crippen molar-refractivity contribution in [2.45, 2.75) is 46.6 Å². The van der Waals surface area contributed by atoms with Gasteiger partial charge in [-0.1, -0.05) is 33.8 Å². The lowest BCUT2D eigenvalue weighted by atomic mass is 9.82. The molecule has 2 N–H and O–H groups in total. The maximum atomic E-state index is 13.2. The van der Waals surface area contributed by atoms with Crippen LogP contribution < -0.4 is 5.73 Å². The summed E-state index contributed by atoms with van der Waals surface area (Å²) in [4.78, 5) is 0. The highest BCUT2D eigenvalue weighted by atomic mass is 79.9. The van der Waals surface area contributed by atoms with Crippen LogP contribution in [0.25, 0.3) is 0 Å². The van der Waals surface area contributed by atoms with Crippen molar-refractivity contribution in [3.8, 4) is 0 Å². The summed E-state index contributed by atoms with van der Waals surface area (Å²) in [5.74, 6) is 0.317. The van der Waals surface area contributed by atoms with Gasteiger partial charge in [0.15, 0.2) is 0 Å². The number of nitrogens with two attached hydrogens (primary N) is 1. The van der Waals surface area contributed by atoms with Gasteiger partial charge in [-0.3, -0.25) is 0 Å². The summed E-state index contributed by atoms with van der Waals surface area (Å²) in [5.41, 5.74) is 7.50. The van der Waals surface area contributed by atoms with Crippen molar-refractivity contribution in [3.05, 3.63) is 34.1 Å². The molecule has 0 fully saturated rings. The van der Waals surface area contributed by atoms with Crippen LogP contribution in [-0.2, 0) is 0 Å². The molecular formula is C15H23BrFN. The predicted octanol–water partition coefficient (Wildman–Crippen LogP) is 5.05. The molecule has 1 nitrogen and oxygen atoms in total. The van der Waals surface area contributed by atoms with Gasteiger partial charge in [-0.05, 0) is 57.8 Å². The molecule has 0 heterocycles. The number of halogens is 2. The zero-order valence-electron chi connectivity index (χ0n) is 11.6. The summed E-state index contributed by atoms with van der Waals surface area (Å²) >= 11 is 3.20. The molecule has 0 spiro atoms. The average molecular weight is 316 g/mol. The summed E-state index contributed by atoms with van der Waals surface area (Å²) in [6, 6.07) is 4.99. The quantitative estimate of drug-likeness (QED) is 0.826. The van der Waals surface area contributed by atoms with E-state index in [1.165, 1.54) is 6.07 Å². The Balaban J connectivity index is 2.64. The molecule has 1 aromatic carbocycles. The molecule has 0 radical (unpaired) electrons. The monoisotopic (exact) mass is 315 g/mol. The van der Waals surface area contributed by atoms with E-state index in [4.69, 9.17) is 5.73 Å². The molecule has 0 aliphatic carbocycles. The van der Waals surface area contributed by atoms with Crippen molar-refractivity contribution in [1.82, 2.24) is 0 Å². The number of rotatable bonds is 4. The van der Waals surface area contributed by atoms with Crippen LogP contribution in [0.15, 0.2) is 22.7 Å². The summed E-state index contributed by atoms with van der Waals surface area (Å²) in [6.07, 6.45) is 2.07. The minimum absolute atomic E-state index is 0.0285. The third-order valence-electron chi connectivity index (χ3n) is 2.99. The van der Waals surface area contributed by atoms with E-state index in [1.54, 1.807) is 12.1 Å². The molecule has 0 aromatic heterocycles. The first-order chi connectivity index (χ1) is 8.19. The van der Waals surface area contributed by atoms with Crippen LogP contribution >= 0.6 is 15.9 Å². The van der Waals surface area contributed by atoms with E-state index in [0.29, 0.717) is 15.8 Å². The van der Waals surface area contributed by atoms with E-state index in [2.05, 4.69) is 43.6 Å². The normalized spacial score (nSPS) is 15.5. The summed E-state index contributed by atoms with van der Waals surface area (Å²) in [6.45, 7) is 8.94. The standard InChI is InChI=1S/C15H23BrFN/c1-10(9-15(2,3)4)7-14(18)11-5-6-13(17)12(16)8-11/h5-6,8,10,14H,7,9,18H2,1-4H3. The fourth-order valence-electron chi connectivity index (χ4n) is 2.44. The first kappa shape index (κ1) is 15.6. The van der Waals surface area contributed by atoms with E-state index >= 15 is 0 Å². The number of hydrogen-bond acceptors (Lipinski definition) is 1. The smallest absolute Gasteiger partial charge is 0.137 e. The Morgan fingerprint density at radius 2 is 1.94 bits per heavy atom. The SMILES string of the molecule is CC(CC(N)c1ccc(F)c(Br)c1)CC(C)(C)C. The molecule has 0 bridgehead atoms. The van der Waals surface area contributed by atoms with Crippen molar-refractivity contribution >= 4 is 15.9 Å². The topological polar surface area (TPSA) is 26.0 Å². The molecule has 0 saturated heterocycles. The van der Waals surface area contributed by atoms with E-state index in [-0.39, 0.29) is 11.9 Å². The molecular weight excluding hydrogens is 293 g/mol. The first-order valence-corrected chi connectivity index (χ1v) is 7.19. The van der Waals surface area contributed by atoms with E-state index in [9.17, 15) is 4.39 Å². The van der Waals surface area contributed by atoms with Crippen molar-refractivity contribution in [2.24, 2.45) is 17.1 Å². The fraction of sp³-hybridized carbons (Fsp3) is 0.600. The van der Waals surface area contributed by atoms with Gasteiger partial charge in [0, 0.05) is 6.04 Å². The molecule has 0 saturated carbocycles. The molecule has 1 rings (SSSR count). The van der Waals surface area contributed by atoms with E-state index in [0.717, 1.165) is 18.4 Å². The molecule has 2 atom stereocenters. The van der Waals surface area contributed by atoms with Crippen LogP contribution in [0.5, 0.6) is 0 Å². The van der Waals surface area contributed by atoms with Crippen molar-refractivity contribution < 1.29 is 4.39 Å². The maximum Gasteiger partial charge on any atom is 0.137 e. The van der Waals surface area contributed by atoms with Gasteiger partial charge in [0.25, 0.3) is 0 Å². The Morgan fingerprint density at radius 1 is 1.33 bits per heavy atom. The molecule has 0 aliphatic rings. The Bertz CT molecular complexity index is 398. The number of hydrogen-bond donors (Lipinski definition) is 1. The van der Waals surface area contributed by atoms with Crippen LogP contribution in [0.4, 0.5) is 4.39 Å². The second-order valence-electron chi connectivity index (χ2n) is 6.39. The third kappa shape index (κ3) is 5.07. The Kier molecular flexibility index (Phi) is 5.35. The Labute approximate surface area is 118 Å². The summed E-state index contributed by atoms with van der Waals surface area (Å²) in [5, 5.41) is 0. The molecule has 2 unspecified atom stereocenters. The van der Waals surface area contributed by atoms with Crippen LogP contribution in [0.1, 0.15) is 52.1 Å². The lowest BCUT2D eigenvalue weighted by Gasteiger charge is -2.25. The zero-order chi connectivity index (χ0) is 13.9. The summed E-state index contributed by atoms with van der Waals surface area (Å²) in [7, 11) is 0. The van der Waals surface area contributed by atoms with Gasteiger partial charge in [-0.2, -0.15) is 0 Å². The van der Waals surface area contributed by atoms with Crippen molar-refractivity contribution in [2.75, 3.05) is 0 Å². The minimum Gasteiger partial charge on any atom is -0.324 e. The third-order valence-corrected chi connectivity index (χ3v) is 3.60. The second-order valence-corrected chi connectivity index (χ2v) is 7.24. The minimum atomic E-state index is -0.242. The van der Waals surface area contributed by atoms with E-state index < -0.39 is 0 Å². The molecule has 102 valence electrons. The molecule has 3 heteroatoms. The van der Waals surface area contributed by atoms with Gasteiger partial charge in [0.1, 0.15) is 5.82 Å². The van der Waals surface area contributed by atoms with Gasteiger partial charge in [-0.25, -0.2) is 4.39 Å². The average Bonchev–Trinajstić information content (AvgIpc) is 2.18. The molecule has 0 amide bonds.